The third kappa shape index (κ3) is 1.91. The number of hydrazine groups is 1. The monoisotopic (exact) mass is 270 g/mol. The van der Waals surface area contributed by atoms with Gasteiger partial charge in [0.05, 0.1) is 10.6 Å². The van der Waals surface area contributed by atoms with E-state index in [0.29, 0.717) is 0 Å². The van der Waals surface area contributed by atoms with Crippen molar-refractivity contribution in [2.75, 3.05) is 0 Å². The predicted octanol–water partition coefficient (Wildman–Crippen LogP) is 1.66. The van der Waals surface area contributed by atoms with Gasteiger partial charge in [-0.05, 0) is 0 Å². The van der Waals surface area contributed by atoms with Gasteiger partial charge in [-0.25, -0.2) is 5.84 Å². The number of phenolic OH excluding ortho intramolecular Hbond substituents is 2. The minimum atomic E-state index is -0.831. The highest BCUT2D eigenvalue weighted by Gasteiger charge is 2.24. The number of hydrogen-bond donors (Lipinski definition) is 4. The lowest BCUT2D eigenvalue weighted by Gasteiger charge is -2.10. The molecule has 0 bridgehead atoms. The Morgan fingerprint density at radius 1 is 1.07 bits per heavy atom. The minimum absolute atomic E-state index is 0.292. The molecule has 0 saturated heterocycles. The molecule has 5 N–H and O–H groups in total. The minimum Gasteiger partial charge on any atom is -0.503 e. The van der Waals surface area contributed by atoms with Gasteiger partial charge < -0.3 is 10.2 Å². The second kappa shape index (κ2) is 4.32. The van der Waals surface area contributed by atoms with Crippen LogP contribution >= 0.6 is 34.8 Å². The Kier molecular flexibility index (Phi) is 3.51. The van der Waals surface area contributed by atoms with Crippen molar-refractivity contribution in [3.05, 3.63) is 20.6 Å². The smallest absolute Gasteiger partial charge is 0.268 e. The lowest BCUT2D eigenvalue weighted by Crippen LogP contribution is -2.30. The molecule has 0 aliphatic rings. The molecule has 1 aromatic carbocycles. The lowest BCUT2D eigenvalue weighted by atomic mass is 10.2. The summed E-state index contributed by atoms with van der Waals surface area (Å²) in [6.07, 6.45) is 0. The summed E-state index contributed by atoms with van der Waals surface area (Å²) in [7, 11) is 0. The van der Waals surface area contributed by atoms with E-state index >= 15 is 0 Å². The van der Waals surface area contributed by atoms with E-state index in [1.165, 1.54) is 0 Å². The van der Waals surface area contributed by atoms with Crippen LogP contribution < -0.4 is 11.3 Å². The number of halogens is 3. The number of nitrogen functional groups attached to an aromatic ring is 1. The number of carbonyl (C=O) groups is 1. The maximum Gasteiger partial charge on any atom is 0.268 e. The molecule has 1 rings (SSSR count). The van der Waals surface area contributed by atoms with Crippen LogP contribution in [0.3, 0.4) is 0 Å². The number of rotatable bonds is 1. The van der Waals surface area contributed by atoms with E-state index in [2.05, 4.69) is 0 Å². The first kappa shape index (κ1) is 12.2. The molecule has 1 aromatic rings. The van der Waals surface area contributed by atoms with E-state index in [9.17, 15) is 15.0 Å². The van der Waals surface area contributed by atoms with Crippen LogP contribution in [0.2, 0.25) is 15.1 Å². The number of amides is 1. The van der Waals surface area contributed by atoms with Crippen LogP contribution in [-0.2, 0) is 0 Å². The number of carbonyl (C=O) groups excluding carboxylic acids is 1. The van der Waals surface area contributed by atoms with Crippen molar-refractivity contribution in [1.82, 2.24) is 5.43 Å². The van der Waals surface area contributed by atoms with Crippen LogP contribution in [0.4, 0.5) is 0 Å². The summed E-state index contributed by atoms with van der Waals surface area (Å²) in [6, 6.07) is 0. The van der Waals surface area contributed by atoms with Crippen LogP contribution in [0.15, 0.2) is 0 Å². The molecule has 0 aliphatic carbocycles. The molecule has 82 valence electrons. The molecule has 8 heteroatoms. The van der Waals surface area contributed by atoms with Gasteiger partial charge in [-0.3, -0.25) is 10.2 Å². The first-order valence-electron chi connectivity index (χ1n) is 3.51. The molecule has 0 aliphatic heterocycles. The molecular weight excluding hydrogens is 266 g/mol. The summed E-state index contributed by atoms with van der Waals surface area (Å²) in [5.74, 6) is 2.62. The maximum absolute atomic E-state index is 11.2. The van der Waals surface area contributed by atoms with Gasteiger partial charge in [0.1, 0.15) is 10.0 Å². The number of benzene rings is 1. The third-order valence-electron chi connectivity index (χ3n) is 1.63. The highest BCUT2D eigenvalue weighted by Crippen LogP contribution is 2.46. The highest BCUT2D eigenvalue weighted by molar-refractivity contribution is 6.47. The van der Waals surface area contributed by atoms with Gasteiger partial charge in [-0.2, -0.15) is 0 Å². The summed E-state index contributed by atoms with van der Waals surface area (Å²) >= 11 is 16.8. The van der Waals surface area contributed by atoms with Gasteiger partial charge in [0, 0.05) is 0 Å². The Hall–Kier alpha value is -0.880. The Morgan fingerprint density at radius 2 is 1.53 bits per heavy atom. The molecule has 5 nitrogen and oxygen atoms in total. The van der Waals surface area contributed by atoms with E-state index < -0.39 is 22.4 Å². The summed E-state index contributed by atoms with van der Waals surface area (Å²) in [5.41, 5.74) is 1.47. The number of hydrogen-bond acceptors (Lipinski definition) is 4. The molecule has 0 saturated carbocycles. The van der Waals surface area contributed by atoms with Crippen molar-refractivity contribution < 1.29 is 15.0 Å². The third-order valence-corrected chi connectivity index (χ3v) is 2.84. The van der Waals surface area contributed by atoms with Gasteiger partial charge >= 0.3 is 0 Å². The molecule has 0 aromatic heterocycles. The van der Waals surface area contributed by atoms with Crippen LogP contribution in [0.1, 0.15) is 10.4 Å². The van der Waals surface area contributed by atoms with E-state index in [0.717, 1.165) is 0 Å². The fourth-order valence-electron chi connectivity index (χ4n) is 0.908. The van der Waals surface area contributed by atoms with Crippen LogP contribution in [0, 0.1) is 0 Å². The van der Waals surface area contributed by atoms with E-state index in [1.54, 1.807) is 5.43 Å². The second-order valence-corrected chi connectivity index (χ2v) is 3.62. The molecule has 0 heterocycles. The fraction of sp³-hybridized carbons (Fsp3) is 0. The Bertz CT molecular complexity index is 407. The van der Waals surface area contributed by atoms with Crippen LogP contribution in [0.5, 0.6) is 11.5 Å². The number of phenols is 2. The van der Waals surface area contributed by atoms with Crippen LogP contribution in [-0.4, -0.2) is 16.1 Å². The SMILES string of the molecule is NNC(=O)c1c(Cl)c(O)c(O)c(Cl)c1Cl. The molecule has 1 amide bonds. The molecule has 0 atom stereocenters. The van der Waals surface area contributed by atoms with Gasteiger partial charge in [0.15, 0.2) is 11.5 Å². The van der Waals surface area contributed by atoms with E-state index in [-0.39, 0.29) is 15.6 Å². The molecule has 0 radical (unpaired) electrons. The van der Waals surface area contributed by atoms with E-state index in [4.69, 9.17) is 40.6 Å². The van der Waals surface area contributed by atoms with Crippen molar-refractivity contribution in [1.29, 1.82) is 0 Å². The zero-order chi connectivity index (χ0) is 11.7. The quantitative estimate of drug-likeness (QED) is 0.205. The second-order valence-electron chi connectivity index (χ2n) is 2.49. The standard InChI is InChI=1S/C7H5Cl3N2O3/c8-2-1(7(15)12-11)3(9)5(13)6(14)4(2)10/h13-14H,11H2,(H,12,15). The lowest BCUT2D eigenvalue weighted by molar-refractivity contribution is 0.0953. The summed E-state index contributed by atoms with van der Waals surface area (Å²) in [6.45, 7) is 0. The molecular formula is C7H5Cl3N2O3. The largest absolute Gasteiger partial charge is 0.503 e. The zero-order valence-corrected chi connectivity index (χ0v) is 9.28. The van der Waals surface area contributed by atoms with Gasteiger partial charge in [0.25, 0.3) is 5.91 Å². The Labute approximate surface area is 99.3 Å². The van der Waals surface area contributed by atoms with Crippen molar-refractivity contribution in [3.8, 4) is 11.5 Å². The Morgan fingerprint density at radius 3 is 2.00 bits per heavy atom. The summed E-state index contributed by atoms with van der Waals surface area (Å²) in [5, 5.41) is 17.4. The number of aromatic hydroxyl groups is 2. The maximum atomic E-state index is 11.2. The number of nitrogens with two attached hydrogens (primary N) is 1. The topological polar surface area (TPSA) is 95.6 Å². The average molecular weight is 271 g/mol. The van der Waals surface area contributed by atoms with Crippen molar-refractivity contribution in [3.63, 3.8) is 0 Å². The zero-order valence-electron chi connectivity index (χ0n) is 7.01. The number of nitrogens with one attached hydrogen (secondary N) is 1. The Balaban J connectivity index is 3.60. The molecule has 15 heavy (non-hydrogen) atoms. The molecule has 0 fully saturated rings. The van der Waals surface area contributed by atoms with Gasteiger partial charge in [0.2, 0.25) is 0 Å². The summed E-state index contributed by atoms with van der Waals surface area (Å²) < 4.78 is 0. The van der Waals surface area contributed by atoms with Gasteiger partial charge in [-0.1, -0.05) is 34.8 Å². The van der Waals surface area contributed by atoms with Crippen molar-refractivity contribution in [2.45, 2.75) is 0 Å². The first-order chi connectivity index (χ1) is 6.91. The predicted molar refractivity (Wildman–Crippen MR) is 56.5 cm³/mol. The highest BCUT2D eigenvalue weighted by atomic mass is 35.5. The van der Waals surface area contributed by atoms with E-state index in [1.807, 2.05) is 0 Å². The van der Waals surface area contributed by atoms with Crippen LogP contribution in [0.25, 0.3) is 0 Å². The molecule has 0 spiro atoms. The van der Waals surface area contributed by atoms with Crippen molar-refractivity contribution in [2.24, 2.45) is 5.84 Å². The first-order valence-corrected chi connectivity index (χ1v) is 4.64. The fourth-order valence-corrected chi connectivity index (χ4v) is 1.68. The molecule has 0 unspecified atom stereocenters. The normalized spacial score (nSPS) is 10.1. The average Bonchev–Trinajstić information content (AvgIpc) is 2.23. The van der Waals surface area contributed by atoms with Crippen molar-refractivity contribution >= 4 is 40.7 Å². The summed E-state index contributed by atoms with van der Waals surface area (Å²) in [4.78, 5) is 11.2. The van der Waals surface area contributed by atoms with Gasteiger partial charge in [-0.15, -0.1) is 0 Å².